The molecule has 1 atom stereocenters. The highest BCUT2D eigenvalue weighted by atomic mass is 16.3. The highest BCUT2D eigenvalue weighted by molar-refractivity contribution is 5.94. The number of aryl methyl sites for hydroxylation is 1. The minimum atomic E-state index is -0.620. The van der Waals surface area contributed by atoms with Crippen LogP contribution in [0, 0.1) is 0 Å². The Morgan fingerprint density at radius 2 is 2.15 bits per heavy atom. The number of carbonyl (C=O) groups is 1. The molecule has 2 N–H and O–H groups in total. The van der Waals surface area contributed by atoms with Crippen LogP contribution in [0.5, 0.6) is 0 Å². The average Bonchev–Trinajstić information content (AvgIpc) is 3.24. The van der Waals surface area contributed by atoms with E-state index in [0.717, 1.165) is 42.6 Å². The third-order valence-electron chi connectivity index (χ3n) is 5.24. The molecule has 0 aromatic carbocycles. The first-order chi connectivity index (χ1) is 12.5. The van der Waals surface area contributed by atoms with Gasteiger partial charge in [-0.25, -0.2) is 0 Å². The van der Waals surface area contributed by atoms with Crippen molar-refractivity contribution in [2.75, 3.05) is 27.2 Å². The Bertz CT molecular complexity index is 809. The second kappa shape index (κ2) is 6.85. The predicted octanol–water partition coefficient (Wildman–Crippen LogP) is 0.736. The van der Waals surface area contributed by atoms with Crippen molar-refractivity contribution in [2.45, 2.75) is 44.9 Å². The van der Waals surface area contributed by atoms with Crippen molar-refractivity contribution in [2.24, 2.45) is 0 Å². The molecule has 8 nitrogen and oxygen atoms in total. The van der Waals surface area contributed by atoms with Gasteiger partial charge in [-0.1, -0.05) is 0 Å². The fourth-order valence-corrected chi connectivity index (χ4v) is 3.87. The number of H-pyrrole nitrogens is 1. The summed E-state index contributed by atoms with van der Waals surface area (Å²) in [6, 6.07) is 1.91. The summed E-state index contributed by atoms with van der Waals surface area (Å²) in [5.74, 6) is -0.00719. The van der Waals surface area contributed by atoms with Gasteiger partial charge in [-0.05, 0) is 45.8 Å². The van der Waals surface area contributed by atoms with Gasteiger partial charge in [-0.2, -0.15) is 10.2 Å². The van der Waals surface area contributed by atoms with E-state index < -0.39 is 6.10 Å². The maximum absolute atomic E-state index is 13.0. The molecule has 1 aliphatic heterocycles. The Morgan fingerprint density at radius 1 is 1.35 bits per heavy atom. The summed E-state index contributed by atoms with van der Waals surface area (Å²) in [6.07, 6.45) is 3.57. The number of aromatic amines is 1. The largest absolute Gasteiger partial charge is 0.385 e. The minimum absolute atomic E-state index is 0.00719. The molecule has 2 aliphatic rings. The number of hydrogen-bond acceptors (Lipinski definition) is 5. The molecule has 0 fully saturated rings. The lowest BCUT2D eigenvalue weighted by Crippen LogP contribution is -2.39. The molecule has 1 unspecified atom stereocenters. The maximum atomic E-state index is 13.0. The van der Waals surface area contributed by atoms with E-state index in [1.54, 1.807) is 0 Å². The fourth-order valence-electron chi connectivity index (χ4n) is 3.87. The zero-order valence-corrected chi connectivity index (χ0v) is 15.4. The SMILES string of the molecule is CN(C)CC(O)c1cc2n(n1)CCN(C(=O)c1n[nH]c3c1CCCC3)C2. The van der Waals surface area contributed by atoms with Crippen molar-refractivity contribution in [1.29, 1.82) is 0 Å². The molecule has 0 radical (unpaired) electrons. The van der Waals surface area contributed by atoms with Crippen LogP contribution in [0.2, 0.25) is 0 Å². The highest BCUT2D eigenvalue weighted by Gasteiger charge is 2.29. The van der Waals surface area contributed by atoms with Gasteiger partial charge in [-0.3, -0.25) is 14.6 Å². The van der Waals surface area contributed by atoms with Gasteiger partial charge in [0.05, 0.1) is 24.5 Å². The van der Waals surface area contributed by atoms with Gasteiger partial charge in [0, 0.05) is 24.3 Å². The Labute approximate surface area is 152 Å². The zero-order chi connectivity index (χ0) is 18.3. The lowest BCUT2D eigenvalue weighted by Gasteiger charge is -2.27. The van der Waals surface area contributed by atoms with E-state index in [4.69, 9.17) is 0 Å². The molecule has 0 spiro atoms. The average molecular weight is 358 g/mol. The Kier molecular flexibility index (Phi) is 4.54. The second-order valence-corrected chi connectivity index (χ2v) is 7.52. The second-order valence-electron chi connectivity index (χ2n) is 7.52. The molecular weight excluding hydrogens is 332 g/mol. The van der Waals surface area contributed by atoms with Gasteiger partial charge >= 0.3 is 0 Å². The van der Waals surface area contributed by atoms with Crippen LogP contribution in [0.15, 0.2) is 6.07 Å². The van der Waals surface area contributed by atoms with Crippen LogP contribution < -0.4 is 0 Å². The number of aliphatic hydroxyl groups excluding tert-OH is 1. The highest BCUT2D eigenvalue weighted by Crippen LogP contribution is 2.25. The van der Waals surface area contributed by atoms with E-state index in [1.807, 2.05) is 34.6 Å². The Balaban J connectivity index is 1.50. The number of fused-ring (bicyclic) bond motifs is 2. The molecule has 1 amide bonds. The molecule has 2 aromatic rings. The van der Waals surface area contributed by atoms with Crippen LogP contribution in [0.1, 0.15) is 52.1 Å². The number of nitrogens with zero attached hydrogens (tertiary/aromatic N) is 5. The quantitative estimate of drug-likeness (QED) is 0.841. The van der Waals surface area contributed by atoms with E-state index in [9.17, 15) is 9.90 Å². The first-order valence-electron chi connectivity index (χ1n) is 9.27. The van der Waals surface area contributed by atoms with Gasteiger partial charge < -0.3 is 14.9 Å². The topological polar surface area (TPSA) is 90.3 Å². The van der Waals surface area contributed by atoms with Crippen LogP contribution in [-0.2, 0) is 25.9 Å². The number of aromatic nitrogens is 4. The van der Waals surface area contributed by atoms with Crippen LogP contribution in [0.3, 0.4) is 0 Å². The molecule has 4 rings (SSSR count). The maximum Gasteiger partial charge on any atom is 0.275 e. The van der Waals surface area contributed by atoms with Crippen molar-refractivity contribution < 1.29 is 9.90 Å². The zero-order valence-electron chi connectivity index (χ0n) is 15.4. The standard InChI is InChI=1S/C18H26N6O2/c1-22(2)11-16(25)15-9-12-10-23(7-8-24(12)21-15)18(26)17-13-5-3-4-6-14(13)19-20-17/h9,16,25H,3-8,10-11H2,1-2H3,(H,19,20). The molecule has 8 heteroatoms. The van der Waals surface area contributed by atoms with E-state index >= 15 is 0 Å². The summed E-state index contributed by atoms with van der Waals surface area (Å²) in [5, 5.41) is 22.2. The molecular formula is C18H26N6O2. The molecule has 0 saturated carbocycles. The molecule has 2 aromatic heterocycles. The number of rotatable bonds is 4. The third-order valence-corrected chi connectivity index (χ3v) is 5.24. The summed E-state index contributed by atoms with van der Waals surface area (Å²) in [5.41, 5.74) is 4.43. The summed E-state index contributed by atoms with van der Waals surface area (Å²) in [6.45, 7) is 2.28. The summed E-state index contributed by atoms with van der Waals surface area (Å²) in [4.78, 5) is 16.8. The Hall–Kier alpha value is -2.19. The minimum Gasteiger partial charge on any atom is -0.385 e. The smallest absolute Gasteiger partial charge is 0.275 e. The number of nitrogens with one attached hydrogen (secondary N) is 1. The molecule has 0 saturated heterocycles. The lowest BCUT2D eigenvalue weighted by atomic mass is 9.95. The first kappa shape index (κ1) is 17.2. The summed E-state index contributed by atoms with van der Waals surface area (Å²) < 4.78 is 1.90. The molecule has 26 heavy (non-hydrogen) atoms. The van der Waals surface area contributed by atoms with E-state index in [1.165, 1.54) is 0 Å². The van der Waals surface area contributed by atoms with E-state index in [-0.39, 0.29) is 5.91 Å². The van der Waals surface area contributed by atoms with E-state index in [0.29, 0.717) is 37.6 Å². The van der Waals surface area contributed by atoms with Crippen molar-refractivity contribution in [3.05, 3.63) is 34.4 Å². The number of aliphatic hydroxyl groups is 1. The van der Waals surface area contributed by atoms with Crippen LogP contribution in [0.25, 0.3) is 0 Å². The fraction of sp³-hybridized carbons (Fsp3) is 0.611. The molecule has 1 aliphatic carbocycles. The van der Waals surface area contributed by atoms with Crippen molar-refractivity contribution >= 4 is 5.91 Å². The van der Waals surface area contributed by atoms with Gasteiger partial charge in [0.25, 0.3) is 5.91 Å². The van der Waals surface area contributed by atoms with Gasteiger partial charge in [0.15, 0.2) is 5.69 Å². The van der Waals surface area contributed by atoms with Crippen molar-refractivity contribution in [1.82, 2.24) is 29.8 Å². The third kappa shape index (κ3) is 3.14. The monoisotopic (exact) mass is 358 g/mol. The van der Waals surface area contributed by atoms with Crippen LogP contribution in [-0.4, -0.2) is 68.0 Å². The van der Waals surface area contributed by atoms with Gasteiger partial charge in [-0.15, -0.1) is 0 Å². The number of hydrogen-bond donors (Lipinski definition) is 2. The van der Waals surface area contributed by atoms with Crippen LogP contribution in [0.4, 0.5) is 0 Å². The predicted molar refractivity (Wildman–Crippen MR) is 95.7 cm³/mol. The van der Waals surface area contributed by atoms with Crippen molar-refractivity contribution in [3.63, 3.8) is 0 Å². The van der Waals surface area contributed by atoms with Crippen molar-refractivity contribution in [3.8, 4) is 0 Å². The normalized spacial score (nSPS) is 17.9. The molecule has 0 bridgehead atoms. The van der Waals surface area contributed by atoms with E-state index in [2.05, 4.69) is 15.3 Å². The summed E-state index contributed by atoms with van der Waals surface area (Å²) >= 11 is 0. The first-order valence-corrected chi connectivity index (χ1v) is 9.27. The number of amides is 1. The molecule has 140 valence electrons. The molecule has 3 heterocycles. The number of likely N-dealkylation sites (N-methyl/N-ethyl adjacent to an activating group) is 1. The Morgan fingerprint density at radius 3 is 2.96 bits per heavy atom. The van der Waals surface area contributed by atoms with Crippen LogP contribution >= 0.6 is 0 Å². The van der Waals surface area contributed by atoms with Gasteiger partial charge in [0.1, 0.15) is 6.10 Å². The lowest BCUT2D eigenvalue weighted by molar-refractivity contribution is 0.0698. The summed E-state index contributed by atoms with van der Waals surface area (Å²) in [7, 11) is 3.84. The van der Waals surface area contributed by atoms with Gasteiger partial charge in [0.2, 0.25) is 0 Å². The number of carbonyl (C=O) groups excluding carboxylic acids is 1.